The molecule has 1 aromatic rings. The Hall–Kier alpha value is -2.08. The smallest absolute Gasteiger partial charge is 0.227 e. The fourth-order valence-electron chi connectivity index (χ4n) is 4.55. The molecular weight excluding hydrogens is 322 g/mol. The third kappa shape index (κ3) is 3.11. The number of fused-ring (bicyclic) bond motifs is 2. The number of hydrogen-bond donors (Lipinski definition) is 0. The fraction of sp³-hybridized carbons (Fsp3) is 0.579. The normalized spacial score (nSPS) is 33.0. The molecule has 2 heterocycles. The Morgan fingerprint density at radius 2 is 2.04 bits per heavy atom. The molecule has 134 valence electrons. The van der Waals surface area contributed by atoms with Gasteiger partial charge in [-0.25, -0.2) is 0 Å². The number of carboxylic acids is 1. The first kappa shape index (κ1) is 16.4. The number of aliphatic carboxylic acids is 1. The molecule has 1 saturated carbocycles. The van der Waals surface area contributed by atoms with Crippen molar-refractivity contribution in [3.05, 3.63) is 36.3 Å². The maximum Gasteiger partial charge on any atom is 0.227 e. The number of carboxylic acid groups (broad SMARTS) is 1. The summed E-state index contributed by atoms with van der Waals surface area (Å²) < 4.78 is 11.1. The number of ether oxygens (including phenoxy) is 1. The highest BCUT2D eigenvalue weighted by atomic mass is 16.5. The minimum Gasteiger partial charge on any atom is -0.550 e. The maximum atomic E-state index is 13.3. The number of nitrogens with zero attached hydrogens (tertiary/aromatic N) is 1. The number of carbonyl (C=O) groups is 2. The van der Waals surface area contributed by atoms with Crippen molar-refractivity contribution in [3.63, 3.8) is 0 Å². The molecule has 1 saturated heterocycles. The second-order valence-electron chi connectivity index (χ2n) is 7.25. The van der Waals surface area contributed by atoms with Gasteiger partial charge in [0.1, 0.15) is 5.76 Å². The molecule has 0 spiro atoms. The summed E-state index contributed by atoms with van der Waals surface area (Å²) in [6.07, 6.45) is 8.14. The first-order valence-corrected chi connectivity index (χ1v) is 8.95. The van der Waals surface area contributed by atoms with E-state index in [9.17, 15) is 14.7 Å². The van der Waals surface area contributed by atoms with Crippen LogP contribution in [0, 0.1) is 23.7 Å². The molecule has 6 heteroatoms. The van der Waals surface area contributed by atoms with Crippen molar-refractivity contribution in [1.29, 1.82) is 0 Å². The number of allylic oxidation sites excluding steroid dienone is 2. The SMILES string of the molecule is O=C([O-])[C@H]1[C@@H](C(=O)N(Cc2ccco2)C[C@H]2CCCO2)[C@@H]2C=C[C@H]1C2. The molecule has 25 heavy (non-hydrogen) atoms. The summed E-state index contributed by atoms with van der Waals surface area (Å²) in [6, 6.07) is 3.61. The zero-order valence-corrected chi connectivity index (χ0v) is 14.0. The van der Waals surface area contributed by atoms with Gasteiger partial charge in [-0.05, 0) is 43.2 Å². The molecule has 2 bridgehead atoms. The molecule has 0 aromatic carbocycles. The Labute approximate surface area is 146 Å². The third-order valence-electron chi connectivity index (χ3n) is 5.70. The lowest BCUT2D eigenvalue weighted by Crippen LogP contribution is -2.47. The van der Waals surface area contributed by atoms with Crippen LogP contribution >= 0.6 is 0 Å². The summed E-state index contributed by atoms with van der Waals surface area (Å²) in [5.41, 5.74) is 0. The van der Waals surface area contributed by atoms with Gasteiger partial charge in [0.25, 0.3) is 0 Å². The molecule has 0 radical (unpaired) electrons. The summed E-state index contributed by atoms with van der Waals surface area (Å²) in [4.78, 5) is 26.6. The van der Waals surface area contributed by atoms with Crippen LogP contribution in [0.3, 0.4) is 0 Å². The van der Waals surface area contributed by atoms with Gasteiger partial charge in [0.05, 0.1) is 24.8 Å². The van der Waals surface area contributed by atoms with Crippen LogP contribution in [0.5, 0.6) is 0 Å². The van der Waals surface area contributed by atoms with E-state index in [-0.39, 0.29) is 23.8 Å². The average Bonchev–Trinajstić information content (AvgIpc) is 3.36. The number of carbonyl (C=O) groups excluding carboxylic acids is 2. The molecule has 0 unspecified atom stereocenters. The van der Waals surface area contributed by atoms with Gasteiger partial charge in [-0.2, -0.15) is 0 Å². The van der Waals surface area contributed by atoms with Crippen LogP contribution in [0.15, 0.2) is 35.0 Å². The Kier molecular flexibility index (Phi) is 4.37. The van der Waals surface area contributed by atoms with E-state index in [4.69, 9.17) is 9.15 Å². The second-order valence-corrected chi connectivity index (χ2v) is 7.25. The average molecular weight is 344 g/mol. The van der Waals surface area contributed by atoms with Crippen LogP contribution in [0.2, 0.25) is 0 Å². The minimum atomic E-state index is -1.12. The number of furan rings is 1. The van der Waals surface area contributed by atoms with Gasteiger partial charge in [0.2, 0.25) is 5.91 Å². The highest BCUT2D eigenvalue weighted by molar-refractivity contribution is 5.86. The summed E-state index contributed by atoms with van der Waals surface area (Å²) in [5, 5.41) is 11.6. The monoisotopic (exact) mass is 344 g/mol. The molecule has 5 atom stereocenters. The van der Waals surface area contributed by atoms with Gasteiger partial charge < -0.3 is 24.0 Å². The van der Waals surface area contributed by atoms with E-state index in [0.717, 1.165) is 19.3 Å². The topological polar surface area (TPSA) is 82.8 Å². The molecule has 1 aliphatic heterocycles. The maximum absolute atomic E-state index is 13.3. The van der Waals surface area contributed by atoms with Crippen LogP contribution in [0.25, 0.3) is 0 Å². The Morgan fingerprint density at radius 1 is 1.24 bits per heavy atom. The number of rotatable bonds is 6. The van der Waals surface area contributed by atoms with Crippen molar-refractivity contribution in [1.82, 2.24) is 4.90 Å². The first-order chi connectivity index (χ1) is 12.1. The van der Waals surface area contributed by atoms with E-state index >= 15 is 0 Å². The van der Waals surface area contributed by atoms with Gasteiger partial charge in [0.15, 0.2) is 0 Å². The Balaban J connectivity index is 1.55. The summed E-state index contributed by atoms with van der Waals surface area (Å²) in [6.45, 7) is 1.52. The Morgan fingerprint density at radius 3 is 2.68 bits per heavy atom. The van der Waals surface area contributed by atoms with Crippen molar-refractivity contribution in [3.8, 4) is 0 Å². The fourth-order valence-corrected chi connectivity index (χ4v) is 4.55. The molecule has 3 aliphatic rings. The van der Waals surface area contributed by atoms with E-state index < -0.39 is 17.8 Å². The second kappa shape index (κ2) is 6.67. The molecule has 2 fully saturated rings. The Bertz CT molecular complexity index is 661. The van der Waals surface area contributed by atoms with Gasteiger partial charge in [-0.1, -0.05) is 12.2 Å². The van der Waals surface area contributed by atoms with Crippen molar-refractivity contribution < 1.29 is 23.8 Å². The van der Waals surface area contributed by atoms with Gasteiger partial charge >= 0.3 is 0 Å². The zero-order chi connectivity index (χ0) is 17.4. The lowest BCUT2D eigenvalue weighted by atomic mass is 9.82. The molecule has 4 rings (SSSR count). The van der Waals surface area contributed by atoms with Gasteiger partial charge in [0, 0.05) is 25.0 Å². The molecule has 1 aromatic heterocycles. The molecule has 1 amide bonds. The molecular formula is C19H22NO5-. The molecule has 0 N–H and O–H groups in total. The van der Waals surface area contributed by atoms with Crippen LogP contribution in [0.1, 0.15) is 25.0 Å². The van der Waals surface area contributed by atoms with E-state index in [1.807, 2.05) is 18.2 Å². The summed E-state index contributed by atoms with van der Waals surface area (Å²) in [7, 11) is 0. The van der Waals surface area contributed by atoms with E-state index in [0.29, 0.717) is 25.5 Å². The van der Waals surface area contributed by atoms with Crippen LogP contribution in [-0.4, -0.2) is 36.0 Å². The molecule has 6 nitrogen and oxygen atoms in total. The standard InChI is InChI=1S/C19H23NO5/c21-18(16-12-5-6-13(9-12)17(16)19(22)23)20(10-14-3-1-7-24-14)11-15-4-2-8-25-15/h1,3,5-7,12-13,15-17H,2,4,8-11H2,(H,22,23)/p-1/t12-,13+,15-,16+,17-/m1/s1. The quantitative estimate of drug-likeness (QED) is 0.718. The van der Waals surface area contributed by atoms with Gasteiger partial charge in [-0.3, -0.25) is 4.79 Å². The van der Waals surface area contributed by atoms with Crippen LogP contribution < -0.4 is 5.11 Å². The lowest BCUT2D eigenvalue weighted by Gasteiger charge is -2.33. The molecule has 2 aliphatic carbocycles. The number of hydrogen-bond acceptors (Lipinski definition) is 5. The van der Waals surface area contributed by atoms with Crippen molar-refractivity contribution in [2.45, 2.75) is 31.9 Å². The van der Waals surface area contributed by atoms with Crippen molar-refractivity contribution in [2.24, 2.45) is 23.7 Å². The summed E-state index contributed by atoms with van der Waals surface area (Å²) >= 11 is 0. The highest BCUT2D eigenvalue weighted by Gasteiger charge is 2.50. The van der Waals surface area contributed by atoms with E-state index in [1.54, 1.807) is 17.2 Å². The zero-order valence-electron chi connectivity index (χ0n) is 14.0. The minimum absolute atomic E-state index is 0.00875. The van der Waals surface area contributed by atoms with Crippen LogP contribution in [0.4, 0.5) is 0 Å². The third-order valence-corrected chi connectivity index (χ3v) is 5.70. The predicted molar refractivity (Wildman–Crippen MR) is 85.8 cm³/mol. The van der Waals surface area contributed by atoms with E-state index in [2.05, 4.69) is 0 Å². The highest BCUT2D eigenvalue weighted by Crippen LogP contribution is 2.48. The van der Waals surface area contributed by atoms with Crippen molar-refractivity contribution in [2.75, 3.05) is 13.2 Å². The van der Waals surface area contributed by atoms with Crippen LogP contribution in [-0.2, 0) is 20.9 Å². The number of amides is 1. The van der Waals surface area contributed by atoms with E-state index in [1.165, 1.54) is 0 Å². The van der Waals surface area contributed by atoms with Crippen molar-refractivity contribution >= 4 is 11.9 Å². The van der Waals surface area contributed by atoms with Gasteiger partial charge in [-0.15, -0.1) is 0 Å². The lowest BCUT2D eigenvalue weighted by molar-refractivity contribution is -0.313. The first-order valence-electron chi connectivity index (χ1n) is 8.95. The predicted octanol–water partition coefficient (Wildman–Crippen LogP) is 0.975. The largest absolute Gasteiger partial charge is 0.550 e. The summed E-state index contributed by atoms with van der Waals surface area (Å²) in [5.74, 6) is -1.93.